The monoisotopic (exact) mass is 391 g/mol. The van der Waals surface area contributed by atoms with Crippen molar-refractivity contribution in [3.8, 4) is 11.3 Å². The summed E-state index contributed by atoms with van der Waals surface area (Å²) < 4.78 is 2.10. The lowest BCUT2D eigenvalue weighted by Gasteiger charge is -2.14. The number of nitrogens with one attached hydrogen (secondary N) is 2. The van der Waals surface area contributed by atoms with Gasteiger partial charge in [-0.15, -0.1) is 0 Å². The van der Waals surface area contributed by atoms with E-state index in [9.17, 15) is 4.79 Å². The van der Waals surface area contributed by atoms with Crippen molar-refractivity contribution in [2.75, 3.05) is 11.9 Å². The van der Waals surface area contributed by atoms with Gasteiger partial charge < -0.3 is 10.6 Å². The highest BCUT2D eigenvalue weighted by molar-refractivity contribution is 5.95. The van der Waals surface area contributed by atoms with Crippen LogP contribution in [0.1, 0.15) is 62.5 Å². The number of hydrogen-bond donors (Lipinski definition) is 2. The fraction of sp³-hybridized carbons (Fsp3) is 0.435. The van der Waals surface area contributed by atoms with Crippen LogP contribution in [0, 0.1) is 5.92 Å². The van der Waals surface area contributed by atoms with E-state index in [1.165, 1.54) is 0 Å². The van der Waals surface area contributed by atoms with Crippen molar-refractivity contribution < 1.29 is 4.79 Å². The van der Waals surface area contributed by atoms with E-state index in [2.05, 4.69) is 53.9 Å². The largest absolute Gasteiger partial charge is 0.367 e. The van der Waals surface area contributed by atoms with Crippen molar-refractivity contribution in [2.24, 2.45) is 5.92 Å². The first kappa shape index (κ1) is 19.4. The van der Waals surface area contributed by atoms with E-state index in [0.717, 1.165) is 47.8 Å². The molecule has 2 N–H and O–H groups in total. The van der Waals surface area contributed by atoms with Crippen LogP contribution < -0.4 is 10.6 Å². The first-order chi connectivity index (χ1) is 13.9. The number of carbonyl (C=O) groups excluding carboxylic acids is 1. The first-order valence-corrected chi connectivity index (χ1v) is 10.5. The summed E-state index contributed by atoms with van der Waals surface area (Å²) in [6, 6.07) is 8.10. The molecule has 6 heteroatoms. The Morgan fingerprint density at radius 2 is 1.90 bits per heavy atom. The molecular weight excluding hydrogens is 362 g/mol. The zero-order valence-corrected chi connectivity index (χ0v) is 17.6. The Labute approximate surface area is 171 Å². The molecule has 0 radical (unpaired) electrons. The van der Waals surface area contributed by atoms with Crippen LogP contribution in [0.25, 0.3) is 16.9 Å². The highest BCUT2D eigenvalue weighted by Gasteiger charge is 2.23. The van der Waals surface area contributed by atoms with E-state index in [-0.39, 0.29) is 5.91 Å². The highest BCUT2D eigenvalue weighted by atomic mass is 16.1. The van der Waals surface area contributed by atoms with Crippen LogP contribution in [0.5, 0.6) is 0 Å². The predicted molar refractivity (Wildman–Crippen MR) is 116 cm³/mol. The molecule has 0 aliphatic heterocycles. The average molecular weight is 392 g/mol. The van der Waals surface area contributed by atoms with Gasteiger partial charge in [-0.1, -0.05) is 39.8 Å². The molecule has 1 aromatic carbocycles. The Morgan fingerprint density at radius 1 is 1.17 bits per heavy atom. The van der Waals surface area contributed by atoms with E-state index in [0.29, 0.717) is 23.4 Å². The molecule has 1 fully saturated rings. The number of nitrogens with zero attached hydrogens (tertiary/aromatic N) is 3. The Balaban J connectivity index is 1.68. The second-order valence-electron chi connectivity index (χ2n) is 8.61. The molecule has 152 valence electrons. The Bertz CT molecular complexity index is 1020. The van der Waals surface area contributed by atoms with Crippen LogP contribution in [-0.4, -0.2) is 32.9 Å². The lowest BCUT2D eigenvalue weighted by atomic mass is 10.1. The van der Waals surface area contributed by atoms with Gasteiger partial charge in [-0.05, 0) is 36.8 Å². The van der Waals surface area contributed by atoms with Gasteiger partial charge in [0.05, 0.1) is 17.6 Å². The first-order valence-electron chi connectivity index (χ1n) is 10.5. The molecule has 0 unspecified atom stereocenters. The molecule has 29 heavy (non-hydrogen) atoms. The number of anilines is 1. The van der Waals surface area contributed by atoms with Crippen LogP contribution in [-0.2, 0) is 0 Å². The number of carbonyl (C=O) groups is 1. The van der Waals surface area contributed by atoms with Crippen LogP contribution in [0.2, 0.25) is 0 Å². The maximum atomic E-state index is 12.3. The molecule has 1 saturated carbocycles. The minimum absolute atomic E-state index is 0.00339. The number of benzene rings is 1. The lowest BCUT2D eigenvalue weighted by molar-refractivity contribution is 0.0951. The van der Waals surface area contributed by atoms with Gasteiger partial charge in [-0.25, -0.2) is 9.97 Å². The van der Waals surface area contributed by atoms with Crippen LogP contribution >= 0.6 is 0 Å². The third kappa shape index (κ3) is 4.26. The summed E-state index contributed by atoms with van der Waals surface area (Å²) in [7, 11) is 0. The van der Waals surface area contributed by atoms with Crippen molar-refractivity contribution in [3.05, 3.63) is 47.9 Å². The molecule has 4 rings (SSSR count). The number of aromatic nitrogens is 3. The maximum Gasteiger partial charge on any atom is 0.251 e. The smallest absolute Gasteiger partial charge is 0.251 e. The molecule has 1 amide bonds. The summed E-state index contributed by atoms with van der Waals surface area (Å²) >= 11 is 0. The summed E-state index contributed by atoms with van der Waals surface area (Å²) in [6.45, 7) is 9.48. The second kappa shape index (κ2) is 7.85. The fourth-order valence-electron chi connectivity index (χ4n) is 3.21. The van der Waals surface area contributed by atoms with E-state index in [4.69, 9.17) is 4.98 Å². The molecule has 0 bridgehead atoms. The number of fused-ring (bicyclic) bond motifs is 1. The van der Waals surface area contributed by atoms with Gasteiger partial charge in [0.15, 0.2) is 11.5 Å². The molecule has 0 atom stereocenters. The lowest BCUT2D eigenvalue weighted by Crippen LogP contribution is -2.25. The van der Waals surface area contributed by atoms with Crippen molar-refractivity contribution in [3.63, 3.8) is 0 Å². The summed E-state index contributed by atoms with van der Waals surface area (Å²) in [5, 5.41) is 6.48. The Kier molecular flexibility index (Phi) is 5.26. The summed E-state index contributed by atoms with van der Waals surface area (Å²) in [5.74, 6) is 1.64. The molecule has 2 aromatic heterocycles. The number of amides is 1. The minimum Gasteiger partial charge on any atom is -0.367 e. The molecule has 3 aromatic rings. The van der Waals surface area contributed by atoms with Gasteiger partial charge in [-0.3, -0.25) is 9.20 Å². The second-order valence-corrected chi connectivity index (χ2v) is 8.61. The van der Waals surface area contributed by atoms with Crippen LogP contribution in [0.4, 0.5) is 5.82 Å². The minimum atomic E-state index is 0.00339. The normalized spacial score (nSPS) is 14.0. The van der Waals surface area contributed by atoms with Crippen molar-refractivity contribution in [1.29, 1.82) is 0 Å². The molecule has 6 nitrogen and oxygen atoms in total. The third-order valence-electron chi connectivity index (χ3n) is 5.14. The zero-order valence-electron chi connectivity index (χ0n) is 17.6. The van der Waals surface area contributed by atoms with Gasteiger partial charge in [0.2, 0.25) is 0 Å². The molecule has 2 heterocycles. The number of rotatable bonds is 7. The molecule has 1 aliphatic carbocycles. The maximum absolute atomic E-state index is 12.3. The summed E-state index contributed by atoms with van der Waals surface area (Å²) in [6.07, 6.45) is 6.12. The molecule has 0 spiro atoms. The van der Waals surface area contributed by atoms with E-state index in [1.807, 2.05) is 30.5 Å². The van der Waals surface area contributed by atoms with Gasteiger partial charge in [0.1, 0.15) is 0 Å². The van der Waals surface area contributed by atoms with Crippen molar-refractivity contribution in [2.45, 2.75) is 52.5 Å². The topological polar surface area (TPSA) is 71.3 Å². The quantitative estimate of drug-likeness (QED) is 0.623. The highest BCUT2D eigenvalue weighted by Crippen LogP contribution is 2.27. The molecule has 0 saturated heterocycles. The fourth-order valence-corrected chi connectivity index (χ4v) is 3.21. The van der Waals surface area contributed by atoms with Gasteiger partial charge in [0, 0.05) is 29.9 Å². The number of hydrogen-bond acceptors (Lipinski definition) is 4. The standard InChI is InChI=1S/C23H29N5O/c1-14(2)11-24-21-22-25-12-20(28(22)13-19(27-21)15(3)4)16-5-7-17(8-6-16)23(29)26-18-9-10-18/h5-8,12-15,18H,9-11H2,1-4H3,(H,24,27)(H,26,29). The van der Waals surface area contributed by atoms with Crippen LogP contribution in [0.15, 0.2) is 36.7 Å². The molecular formula is C23H29N5O. The Hall–Kier alpha value is -2.89. The van der Waals surface area contributed by atoms with E-state index in [1.54, 1.807) is 0 Å². The Morgan fingerprint density at radius 3 is 2.52 bits per heavy atom. The van der Waals surface area contributed by atoms with Crippen molar-refractivity contribution >= 4 is 17.4 Å². The van der Waals surface area contributed by atoms with Crippen molar-refractivity contribution in [1.82, 2.24) is 19.7 Å². The summed E-state index contributed by atoms with van der Waals surface area (Å²) in [4.78, 5) is 21.7. The van der Waals surface area contributed by atoms with Gasteiger partial charge in [-0.2, -0.15) is 0 Å². The number of imidazole rings is 1. The third-order valence-corrected chi connectivity index (χ3v) is 5.14. The SMILES string of the molecule is CC(C)CNc1nc(C(C)C)cn2c(-c3ccc(C(=O)NC4CC4)cc3)cnc12. The van der Waals surface area contributed by atoms with E-state index < -0.39 is 0 Å². The summed E-state index contributed by atoms with van der Waals surface area (Å²) in [5.41, 5.74) is 4.55. The van der Waals surface area contributed by atoms with Gasteiger partial charge in [0.25, 0.3) is 5.91 Å². The average Bonchev–Trinajstić information content (AvgIpc) is 3.41. The van der Waals surface area contributed by atoms with Crippen LogP contribution in [0.3, 0.4) is 0 Å². The van der Waals surface area contributed by atoms with Gasteiger partial charge >= 0.3 is 0 Å². The molecule has 1 aliphatic rings. The predicted octanol–water partition coefficient (Wildman–Crippen LogP) is 4.48. The zero-order chi connectivity index (χ0) is 20.5. The van der Waals surface area contributed by atoms with E-state index >= 15 is 0 Å².